The predicted octanol–water partition coefficient (Wildman–Crippen LogP) is 8.51. The minimum Gasteiger partial charge on any atom is -0.336 e. The van der Waals surface area contributed by atoms with Gasteiger partial charge in [0, 0.05) is 25.2 Å². The van der Waals surface area contributed by atoms with Gasteiger partial charge in [-0.25, -0.2) is 4.98 Å². The summed E-state index contributed by atoms with van der Waals surface area (Å²) in [5, 5.41) is 3.17. The second kappa shape index (κ2) is 20.3. The first kappa shape index (κ1) is 28.7. The van der Waals surface area contributed by atoms with Crippen molar-refractivity contribution in [1.82, 2.24) is 14.9 Å². The maximum absolute atomic E-state index is 12.3. The number of nitrogens with zero attached hydrogens (tertiary/aromatic N) is 2. The zero-order valence-corrected chi connectivity index (χ0v) is 21.7. The molecule has 1 amide bonds. The number of carbonyl (C=O) groups excluding carboxylic acids is 1. The molecule has 0 aliphatic carbocycles. The smallest absolute Gasteiger partial charge is 0.221 e. The van der Waals surface area contributed by atoms with Gasteiger partial charge in [-0.15, -0.1) is 0 Å². The van der Waals surface area contributed by atoms with Crippen LogP contribution in [0.3, 0.4) is 0 Å². The molecule has 0 radical (unpaired) electrons. The number of amides is 1. The van der Waals surface area contributed by atoms with Gasteiger partial charge in [-0.05, 0) is 19.8 Å². The number of hydrogen-bond donors (Lipinski definition) is 1. The van der Waals surface area contributed by atoms with E-state index in [9.17, 15) is 4.79 Å². The summed E-state index contributed by atoms with van der Waals surface area (Å²) >= 11 is 0. The third-order valence-electron chi connectivity index (χ3n) is 6.55. The Balaban J connectivity index is 2.11. The topological polar surface area (TPSA) is 46.9 Å². The fraction of sp³-hybridized carbons (Fsp3) is 0.857. The molecule has 1 heterocycles. The third kappa shape index (κ3) is 14.7. The van der Waals surface area contributed by atoms with Crippen LogP contribution in [0.2, 0.25) is 0 Å². The van der Waals surface area contributed by atoms with Gasteiger partial charge >= 0.3 is 0 Å². The van der Waals surface area contributed by atoms with Crippen LogP contribution in [0, 0.1) is 0 Å². The molecule has 0 fully saturated rings. The van der Waals surface area contributed by atoms with E-state index in [1.54, 1.807) is 0 Å². The van der Waals surface area contributed by atoms with Gasteiger partial charge < -0.3 is 9.88 Å². The fourth-order valence-electron chi connectivity index (χ4n) is 4.45. The highest BCUT2D eigenvalue weighted by molar-refractivity contribution is 5.75. The second-order valence-electron chi connectivity index (χ2n) is 9.65. The van der Waals surface area contributed by atoms with Crippen LogP contribution in [0.1, 0.15) is 155 Å². The largest absolute Gasteiger partial charge is 0.336 e. The van der Waals surface area contributed by atoms with Crippen LogP contribution in [0.15, 0.2) is 12.4 Å². The molecular formula is C28H53N3O. The zero-order valence-electron chi connectivity index (χ0n) is 21.7. The Morgan fingerprint density at radius 1 is 0.781 bits per heavy atom. The van der Waals surface area contributed by atoms with Gasteiger partial charge in [0.25, 0.3) is 0 Å². The van der Waals surface area contributed by atoms with Crippen molar-refractivity contribution in [3.63, 3.8) is 0 Å². The molecule has 1 atom stereocenters. The highest BCUT2D eigenvalue weighted by atomic mass is 16.1. The first-order valence-corrected chi connectivity index (χ1v) is 14.0. The quantitative estimate of drug-likeness (QED) is 0.181. The van der Waals surface area contributed by atoms with E-state index in [-0.39, 0.29) is 12.1 Å². The number of imidazole rings is 1. The van der Waals surface area contributed by atoms with Gasteiger partial charge in [-0.2, -0.15) is 0 Å². The normalized spacial score (nSPS) is 12.2. The minimum absolute atomic E-state index is 0.0165. The average molecular weight is 448 g/mol. The molecule has 0 aromatic carbocycles. The summed E-state index contributed by atoms with van der Waals surface area (Å²) in [6.45, 7) is 6.60. The number of nitrogens with one attached hydrogen (secondary N) is 1. The number of hydrogen-bond acceptors (Lipinski definition) is 2. The molecule has 0 saturated heterocycles. The van der Waals surface area contributed by atoms with Gasteiger partial charge in [0.15, 0.2) is 0 Å². The summed E-state index contributed by atoms with van der Waals surface area (Å²) < 4.78 is 2.14. The van der Waals surface area contributed by atoms with Gasteiger partial charge in [-0.3, -0.25) is 4.79 Å². The first-order valence-electron chi connectivity index (χ1n) is 14.0. The maximum Gasteiger partial charge on any atom is 0.221 e. The molecule has 32 heavy (non-hydrogen) atoms. The van der Waals surface area contributed by atoms with Crippen LogP contribution in [-0.2, 0) is 11.2 Å². The Labute approximate surface area is 199 Å². The van der Waals surface area contributed by atoms with E-state index in [0.717, 1.165) is 18.7 Å². The van der Waals surface area contributed by atoms with Crippen molar-refractivity contribution >= 4 is 5.91 Å². The van der Waals surface area contributed by atoms with Gasteiger partial charge in [0.2, 0.25) is 5.91 Å². The van der Waals surface area contributed by atoms with Crippen molar-refractivity contribution in [2.45, 2.75) is 155 Å². The SMILES string of the molecule is CCCCCCCCCCCC(=O)NC(C)n1ccnc1CCCCCCCCCCC. The molecule has 4 nitrogen and oxygen atoms in total. The lowest BCUT2D eigenvalue weighted by Gasteiger charge is -2.18. The average Bonchev–Trinajstić information content (AvgIpc) is 3.25. The van der Waals surface area contributed by atoms with E-state index in [0.29, 0.717) is 6.42 Å². The molecule has 186 valence electrons. The van der Waals surface area contributed by atoms with Crippen LogP contribution in [-0.4, -0.2) is 15.5 Å². The highest BCUT2D eigenvalue weighted by Gasteiger charge is 2.12. The van der Waals surface area contributed by atoms with Crippen molar-refractivity contribution in [2.75, 3.05) is 0 Å². The Hall–Kier alpha value is -1.32. The molecule has 0 aliphatic rings. The Morgan fingerprint density at radius 2 is 1.25 bits per heavy atom. The van der Waals surface area contributed by atoms with Gasteiger partial charge in [0.05, 0.1) is 0 Å². The summed E-state index contributed by atoms with van der Waals surface area (Å²) in [4.78, 5) is 16.9. The van der Waals surface area contributed by atoms with Gasteiger partial charge in [0.1, 0.15) is 12.0 Å². The summed E-state index contributed by atoms with van der Waals surface area (Å²) in [5.41, 5.74) is 0. The number of aromatic nitrogens is 2. The fourth-order valence-corrected chi connectivity index (χ4v) is 4.45. The van der Waals surface area contributed by atoms with E-state index in [4.69, 9.17) is 0 Å². The van der Waals surface area contributed by atoms with Crippen LogP contribution in [0.4, 0.5) is 0 Å². The van der Waals surface area contributed by atoms with E-state index in [2.05, 4.69) is 35.6 Å². The minimum atomic E-state index is -0.0165. The number of rotatable bonds is 22. The Morgan fingerprint density at radius 3 is 1.78 bits per heavy atom. The van der Waals surface area contributed by atoms with E-state index in [1.165, 1.54) is 109 Å². The third-order valence-corrected chi connectivity index (χ3v) is 6.55. The number of carbonyl (C=O) groups is 1. The van der Waals surface area contributed by atoms with Crippen molar-refractivity contribution < 1.29 is 4.79 Å². The maximum atomic E-state index is 12.3. The van der Waals surface area contributed by atoms with Crippen LogP contribution in [0.5, 0.6) is 0 Å². The number of unbranched alkanes of at least 4 members (excludes halogenated alkanes) is 16. The molecule has 0 saturated carbocycles. The predicted molar refractivity (Wildman–Crippen MR) is 138 cm³/mol. The molecule has 0 bridgehead atoms. The lowest BCUT2D eigenvalue weighted by atomic mass is 10.1. The summed E-state index contributed by atoms with van der Waals surface area (Å²) in [7, 11) is 0. The molecule has 0 spiro atoms. The molecule has 1 unspecified atom stereocenters. The molecule has 4 heteroatoms. The van der Waals surface area contributed by atoms with E-state index < -0.39 is 0 Å². The molecule has 1 aromatic rings. The second-order valence-corrected chi connectivity index (χ2v) is 9.65. The molecule has 1 rings (SSSR count). The first-order chi connectivity index (χ1) is 15.7. The van der Waals surface area contributed by atoms with Crippen LogP contribution < -0.4 is 5.32 Å². The monoisotopic (exact) mass is 447 g/mol. The van der Waals surface area contributed by atoms with Crippen LogP contribution in [0.25, 0.3) is 0 Å². The summed E-state index contributed by atoms with van der Waals surface area (Å²) in [6, 6.07) is 0. The van der Waals surface area contributed by atoms with Crippen molar-refractivity contribution in [1.29, 1.82) is 0 Å². The molecule has 1 aromatic heterocycles. The standard InChI is InChI=1S/C28H53N3O/c1-4-6-8-10-12-14-16-18-20-22-27-29-24-25-31(27)26(3)30-28(32)23-21-19-17-15-13-11-9-7-5-2/h24-26H,4-23H2,1-3H3,(H,30,32). The molecular weight excluding hydrogens is 394 g/mol. The number of aryl methyl sites for hydroxylation is 1. The van der Waals surface area contributed by atoms with Crippen molar-refractivity contribution in [3.05, 3.63) is 18.2 Å². The summed E-state index contributed by atoms with van der Waals surface area (Å²) in [6.07, 6.45) is 29.1. The zero-order chi connectivity index (χ0) is 23.3. The lowest BCUT2D eigenvalue weighted by molar-refractivity contribution is -0.122. The van der Waals surface area contributed by atoms with Gasteiger partial charge in [-0.1, -0.05) is 117 Å². The lowest BCUT2D eigenvalue weighted by Crippen LogP contribution is -2.30. The van der Waals surface area contributed by atoms with Crippen molar-refractivity contribution in [2.24, 2.45) is 0 Å². The van der Waals surface area contributed by atoms with E-state index in [1.807, 2.05) is 12.4 Å². The van der Waals surface area contributed by atoms with Crippen molar-refractivity contribution in [3.8, 4) is 0 Å². The van der Waals surface area contributed by atoms with E-state index >= 15 is 0 Å². The highest BCUT2D eigenvalue weighted by Crippen LogP contribution is 2.14. The summed E-state index contributed by atoms with van der Waals surface area (Å²) in [5.74, 6) is 1.27. The molecule has 0 aliphatic heterocycles. The Bertz CT molecular complexity index is 555. The molecule has 1 N–H and O–H groups in total. The van der Waals surface area contributed by atoms with Crippen LogP contribution >= 0.6 is 0 Å². The Kier molecular flexibility index (Phi) is 18.2.